The Morgan fingerprint density at radius 3 is 2.71 bits per heavy atom. The zero-order chi connectivity index (χ0) is 17.1. The lowest BCUT2D eigenvalue weighted by Gasteiger charge is -2.04. The summed E-state index contributed by atoms with van der Waals surface area (Å²) in [7, 11) is 0. The number of benzene rings is 1. The largest absolute Gasteiger partial charge is 0.339 e. The van der Waals surface area contributed by atoms with Crippen molar-refractivity contribution in [3.05, 3.63) is 46.5 Å². The Hall–Kier alpha value is -2.94. The molecule has 2 aromatic heterocycles. The molecule has 0 spiro atoms. The number of nitrogens with one attached hydrogen (secondary N) is 3. The molecule has 0 unspecified atom stereocenters. The quantitative estimate of drug-likeness (QED) is 0.367. The first-order valence-corrected chi connectivity index (χ1v) is 7.98. The average molecular weight is 343 g/mol. The number of nitrogens with zero attached hydrogens (tertiary/aromatic N) is 2. The Kier molecular flexibility index (Phi) is 4.43. The van der Waals surface area contributed by atoms with E-state index in [9.17, 15) is 14.4 Å². The number of hydrogen-bond acceptors (Lipinski definition) is 6. The summed E-state index contributed by atoms with van der Waals surface area (Å²) in [6, 6.07) is 6.60. The highest BCUT2D eigenvalue weighted by Crippen LogP contribution is 2.16. The van der Waals surface area contributed by atoms with Gasteiger partial charge in [0.25, 0.3) is 5.56 Å². The molecule has 0 aliphatic carbocycles. The number of H-pyrrole nitrogens is 2. The molecule has 9 heteroatoms. The molecule has 3 aromatic rings. The van der Waals surface area contributed by atoms with Crippen LogP contribution < -0.4 is 10.9 Å². The summed E-state index contributed by atoms with van der Waals surface area (Å²) in [4.78, 5) is 48.4. The fourth-order valence-corrected chi connectivity index (χ4v) is 2.80. The fourth-order valence-electron chi connectivity index (χ4n) is 2.05. The van der Waals surface area contributed by atoms with E-state index in [0.29, 0.717) is 27.6 Å². The van der Waals surface area contributed by atoms with Crippen LogP contribution >= 0.6 is 11.8 Å². The van der Waals surface area contributed by atoms with E-state index in [1.165, 1.54) is 13.3 Å². The van der Waals surface area contributed by atoms with E-state index >= 15 is 0 Å². The Labute approximate surface area is 140 Å². The monoisotopic (exact) mass is 343 g/mol. The number of amides is 1. The van der Waals surface area contributed by atoms with Gasteiger partial charge < -0.3 is 10.3 Å². The lowest BCUT2D eigenvalue weighted by atomic mass is 10.1. The Morgan fingerprint density at radius 1 is 1.25 bits per heavy atom. The molecule has 0 saturated heterocycles. The molecule has 1 amide bonds. The predicted molar refractivity (Wildman–Crippen MR) is 90.3 cm³/mol. The first-order chi connectivity index (χ1) is 11.5. The Balaban J connectivity index is 1.68. The lowest BCUT2D eigenvalue weighted by molar-refractivity contribution is -0.114. The molecule has 24 heavy (non-hydrogen) atoms. The van der Waals surface area contributed by atoms with Gasteiger partial charge in [0.15, 0.2) is 22.1 Å². The van der Waals surface area contributed by atoms with E-state index in [1.807, 2.05) is 0 Å². The molecule has 0 radical (unpaired) electrons. The summed E-state index contributed by atoms with van der Waals surface area (Å²) in [6.07, 6.45) is 1.39. The number of hydrogen-bond donors (Lipinski definition) is 3. The highest BCUT2D eigenvalue weighted by molar-refractivity contribution is 7.99. The van der Waals surface area contributed by atoms with Gasteiger partial charge in [-0.15, -0.1) is 0 Å². The molecular formula is C15H13N5O3S. The summed E-state index contributed by atoms with van der Waals surface area (Å²) in [6.45, 7) is 1.42. The summed E-state index contributed by atoms with van der Waals surface area (Å²) < 4.78 is 0. The van der Waals surface area contributed by atoms with Crippen LogP contribution in [0.2, 0.25) is 0 Å². The number of ketones is 1. The molecule has 0 aliphatic heterocycles. The maximum absolute atomic E-state index is 12.2. The van der Waals surface area contributed by atoms with Gasteiger partial charge in [-0.25, -0.2) is 9.97 Å². The molecule has 0 saturated carbocycles. The highest BCUT2D eigenvalue weighted by Gasteiger charge is 2.10. The van der Waals surface area contributed by atoms with Crippen LogP contribution in [0.4, 0.5) is 5.69 Å². The summed E-state index contributed by atoms with van der Waals surface area (Å²) in [5.74, 6) is -0.161. The van der Waals surface area contributed by atoms with E-state index in [0.717, 1.165) is 11.8 Å². The van der Waals surface area contributed by atoms with Crippen molar-refractivity contribution in [3.63, 3.8) is 0 Å². The van der Waals surface area contributed by atoms with Crippen molar-refractivity contribution in [2.24, 2.45) is 0 Å². The minimum absolute atomic E-state index is 0.112. The zero-order valence-electron chi connectivity index (χ0n) is 12.6. The van der Waals surface area contributed by atoms with Crippen molar-refractivity contribution in [2.45, 2.75) is 12.1 Å². The van der Waals surface area contributed by atoms with E-state index in [1.54, 1.807) is 24.3 Å². The molecule has 3 N–H and O–H groups in total. The van der Waals surface area contributed by atoms with Crippen LogP contribution in [0.15, 0.2) is 40.5 Å². The number of fused-ring (bicyclic) bond motifs is 1. The van der Waals surface area contributed by atoms with Crippen molar-refractivity contribution < 1.29 is 9.59 Å². The third-order valence-corrected chi connectivity index (χ3v) is 4.01. The van der Waals surface area contributed by atoms with Gasteiger partial charge in [0.1, 0.15) is 0 Å². The number of aromatic amines is 2. The third kappa shape index (κ3) is 3.51. The molecule has 122 valence electrons. The van der Waals surface area contributed by atoms with Crippen molar-refractivity contribution in [1.82, 2.24) is 19.9 Å². The predicted octanol–water partition coefficient (Wildman–Crippen LogP) is 1.58. The van der Waals surface area contributed by atoms with Gasteiger partial charge in [-0.3, -0.25) is 19.4 Å². The summed E-state index contributed by atoms with van der Waals surface area (Å²) in [5.41, 5.74) is 1.43. The van der Waals surface area contributed by atoms with Crippen LogP contribution in [0, 0.1) is 0 Å². The zero-order valence-corrected chi connectivity index (χ0v) is 13.4. The second-order valence-electron chi connectivity index (χ2n) is 4.94. The topological polar surface area (TPSA) is 121 Å². The van der Waals surface area contributed by atoms with Gasteiger partial charge in [0, 0.05) is 18.2 Å². The van der Waals surface area contributed by atoms with Gasteiger partial charge >= 0.3 is 0 Å². The van der Waals surface area contributed by atoms with Crippen LogP contribution in [0.5, 0.6) is 0 Å². The number of carbonyl (C=O) groups excluding carboxylic acids is 2. The van der Waals surface area contributed by atoms with Crippen LogP contribution in [-0.2, 0) is 4.79 Å². The lowest BCUT2D eigenvalue weighted by Crippen LogP contribution is -2.10. The van der Waals surface area contributed by atoms with Gasteiger partial charge in [0.2, 0.25) is 5.91 Å². The third-order valence-electron chi connectivity index (χ3n) is 3.14. The first kappa shape index (κ1) is 15.9. The first-order valence-electron chi connectivity index (χ1n) is 7.00. The van der Waals surface area contributed by atoms with E-state index in [-0.39, 0.29) is 23.0 Å². The number of thioether (sulfide) groups is 1. The number of rotatable bonds is 5. The molecule has 0 atom stereocenters. The fraction of sp³-hybridized carbons (Fsp3) is 0.133. The van der Waals surface area contributed by atoms with Gasteiger partial charge in [-0.05, 0) is 24.3 Å². The minimum atomic E-state index is -0.327. The van der Waals surface area contributed by atoms with Gasteiger partial charge in [-0.1, -0.05) is 11.8 Å². The van der Waals surface area contributed by atoms with E-state index in [2.05, 4.69) is 25.3 Å². The second-order valence-corrected chi connectivity index (χ2v) is 5.91. The van der Waals surface area contributed by atoms with Crippen LogP contribution in [-0.4, -0.2) is 37.4 Å². The number of carbonyl (C=O) groups is 2. The molecular weight excluding hydrogens is 330 g/mol. The number of imidazole rings is 1. The standard InChI is InChI=1S/C15H13N5O3S/c1-8(21)18-10-4-2-9(3-5-10)11(22)6-24-15-19-13-12(14(23)20-15)16-7-17-13/h2-5,7H,6H2,1H3,(H,18,21)(H2,16,17,19,20,23). The Morgan fingerprint density at radius 2 is 2.00 bits per heavy atom. The normalized spacial score (nSPS) is 10.7. The minimum Gasteiger partial charge on any atom is -0.339 e. The van der Waals surface area contributed by atoms with Crippen LogP contribution in [0.3, 0.4) is 0 Å². The molecule has 3 rings (SSSR count). The Bertz CT molecular complexity index is 961. The van der Waals surface area contributed by atoms with Crippen molar-refractivity contribution in [3.8, 4) is 0 Å². The van der Waals surface area contributed by atoms with Crippen LogP contribution in [0.25, 0.3) is 11.2 Å². The van der Waals surface area contributed by atoms with Gasteiger partial charge in [-0.2, -0.15) is 0 Å². The maximum atomic E-state index is 12.2. The SMILES string of the molecule is CC(=O)Nc1ccc(C(=O)CSc2nc3nc[nH]c3c(=O)[nH]2)cc1. The van der Waals surface area contributed by atoms with Crippen LogP contribution in [0.1, 0.15) is 17.3 Å². The maximum Gasteiger partial charge on any atom is 0.277 e. The molecule has 0 bridgehead atoms. The van der Waals surface area contributed by atoms with E-state index < -0.39 is 0 Å². The molecule has 0 fully saturated rings. The molecule has 0 aliphatic rings. The molecule has 1 aromatic carbocycles. The highest BCUT2D eigenvalue weighted by atomic mass is 32.2. The second kappa shape index (κ2) is 6.67. The number of Topliss-reactive ketones (excluding diaryl/α,β-unsaturated/α-hetero) is 1. The smallest absolute Gasteiger partial charge is 0.277 e. The van der Waals surface area contributed by atoms with Crippen molar-refractivity contribution in [2.75, 3.05) is 11.1 Å². The number of anilines is 1. The van der Waals surface area contributed by atoms with E-state index in [4.69, 9.17) is 0 Å². The number of aromatic nitrogens is 4. The van der Waals surface area contributed by atoms with Crippen molar-refractivity contribution in [1.29, 1.82) is 0 Å². The van der Waals surface area contributed by atoms with Gasteiger partial charge in [0.05, 0.1) is 12.1 Å². The molecule has 2 heterocycles. The summed E-state index contributed by atoms with van der Waals surface area (Å²) in [5, 5.41) is 2.97. The summed E-state index contributed by atoms with van der Waals surface area (Å²) >= 11 is 1.13. The van der Waals surface area contributed by atoms with Crippen molar-refractivity contribution >= 4 is 40.3 Å². The average Bonchev–Trinajstić information content (AvgIpc) is 3.02. The molecule has 8 nitrogen and oxygen atoms in total.